The molecule has 0 fully saturated rings. The third kappa shape index (κ3) is 4.59. The van der Waals surface area contributed by atoms with Crippen LogP contribution in [0.1, 0.15) is 36.5 Å². The number of rotatable bonds is 7. The normalized spacial score (nSPS) is 11.9. The summed E-state index contributed by atoms with van der Waals surface area (Å²) in [6.07, 6.45) is 6.31. The van der Waals surface area contributed by atoms with Crippen LogP contribution in [0.5, 0.6) is 0 Å². The van der Waals surface area contributed by atoms with Gasteiger partial charge in [0.25, 0.3) is 5.91 Å². The zero-order valence-corrected chi connectivity index (χ0v) is 12.3. The van der Waals surface area contributed by atoms with Gasteiger partial charge in [-0.15, -0.1) is 0 Å². The van der Waals surface area contributed by atoms with Gasteiger partial charge in [0.05, 0.1) is 18.7 Å². The number of hydrogen-bond donors (Lipinski definition) is 2. The van der Waals surface area contributed by atoms with Gasteiger partial charge in [-0.1, -0.05) is 0 Å². The molecule has 1 amide bonds. The Kier molecular flexibility index (Phi) is 5.31. The minimum atomic E-state index is -0.214. The Bertz CT molecular complexity index is 569. The molecule has 2 heterocycles. The number of carbonyl (C=O) groups excluding carboxylic acids is 1. The van der Waals surface area contributed by atoms with E-state index in [0.717, 1.165) is 25.1 Å². The van der Waals surface area contributed by atoms with Crippen LogP contribution >= 0.6 is 0 Å². The van der Waals surface area contributed by atoms with E-state index in [0.29, 0.717) is 11.5 Å². The van der Waals surface area contributed by atoms with Crippen LogP contribution in [0.3, 0.4) is 0 Å². The van der Waals surface area contributed by atoms with E-state index in [1.54, 1.807) is 12.5 Å². The van der Waals surface area contributed by atoms with Crippen LogP contribution < -0.4 is 10.6 Å². The highest BCUT2D eigenvalue weighted by Gasteiger charge is 2.12. The number of carbonyl (C=O) groups is 1. The van der Waals surface area contributed by atoms with E-state index in [9.17, 15) is 4.79 Å². The summed E-state index contributed by atoms with van der Waals surface area (Å²) < 4.78 is 5.27. The maximum Gasteiger partial charge on any atom is 0.271 e. The fraction of sp³-hybridized carbons (Fsp3) is 0.400. The van der Waals surface area contributed by atoms with Crippen LogP contribution in [0.25, 0.3) is 0 Å². The lowest BCUT2D eigenvalue weighted by atomic mass is 10.1. The predicted molar refractivity (Wildman–Crippen MR) is 80.2 cm³/mol. The number of anilines is 1. The van der Waals surface area contributed by atoms with Crippen molar-refractivity contribution in [1.29, 1.82) is 0 Å². The molecule has 0 spiro atoms. The van der Waals surface area contributed by atoms with Crippen molar-refractivity contribution in [2.75, 3.05) is 11.9 Å². The van der Waals surface area contributed by atoms with Crippen molar-refractivity contribution >= 4 is 11.7 Å². The van der Waals surface area contributed by atoms with Crippen LogP contribution in [0.2, 0.25) is 0 Å². The molecular formula is C15H20N4O2. The summed E-state index contributed by atoms with van der Waals surface area (Å²) in [5.41, 5.74) is 0.318. The molecule has 0 saturated carbocycles. The van der Waals surface area contributed by atoms with Crippen molar-refractivity contribution in [3.8, 4) is 0 Å². The Morgan fingerprint density at radius 3 is 3.00 bits per heavy atom. The topological polar surface area (TPSA) is 80.0 Å². The standard InChI is InChI=1S/C15H20N4O2/c1-3-17-14-10-16-9-13(19-14)15(20)18-11(2)6-7-12-5-4-8-21-12/h4-5,8-11H,3,6-7H2,1-2H3,(H,17,19)(H,18,20). The summed E-state index contributed by atoms with van der Waals surface area (Å²) in [4.78, 5) is 20.3. The Labute approximate surface area is 124 Å². The van der Waals surface area contributed by atoms with Gasteiger partial charge in [0.1, 0.15) is 17.3 Å². The molecule has 112 valence electrons. The first-order chi connectivity index (χ1) is 10.2. The molecule has 0 bridgehead atoms. The summed E-state index contributed by atoms with van der Waals surface area (Å²) in [7, 11) is 0. The van der Waals surface area contributed by atoms with E-state index in [2.05, 4.69) is 20.6 Å². The van der Waals surface area contributed by atoms with Crippen molar-refractivity contribution in [3.63, 3.8) is 0 Å². The lowest BCUT2D eigenvalue weighted by Crippen LogP contribution is -2.33. The van der Waals surface area contributed by atoms with Crippen LogP contribution in [0, 0.1) is 0 Å². The molecule has 2 rings (SSSR count). The largest absolute Gasteiger partial charge is 0.469 e. The van der Waals surface area contributed by atoms with Gasteiger partial charge in [-0.3, -0.25) is 9.78 Å². The van der Waals surface area contributed by atoms with E-state index < -0.39 is 0 Å². The Hall–Kier alpha value is -2.37. The van der Waals surface area contributed by atoms with Crippen molar-refractivity contribution < 1.29 is 9.21 Å². The fourth-order valence-electron chi connectivity index (χ4n) is 1.93. The zero-order valence-electron chi connectivity index (χ0n) is 12.3. The maximum atomic E-state index is 12.1. The highest BCUT2D eigenvalue weighted by Crippen LogP contribution is 2.07. The minimum Gasteiger partial charge on any atom is -0.469 e. The Morgan fingerprint density at radius 2 is 2.29 bits per heavy atom. The van der Waals surface area contributed by atoms with Crippen LogP contribution in [-0.2, 0) is 6.42 Å². The van der Waals surface area contributed by atoms with E-state index in [1.807, 2.05) is 26.0 Å². The van der Waals surface area contributed by atoms with Crippen molar-refractivity contribution in [2.45, 2.75) is 32.7 Å². The molecule has 2 N–H and O–H groups in total. The predicted octanol–water partition coefficient (Wildman–Crippen LogP) is 2.25. The first kappa shape index (κ1) is 15.0. The molecule has 1 atom stereocenters. The van der Waals surface area contributed by atoms with E-state index >= 15 is 0 Å². The quantitative estimate of drug-likeness (QED) is 0.817. The SMILES string of the molecule is CCNc1cncc(C(=O)NC(C)CCc2ccco2)n1. The second kappa shape index (κ2) is 7.42. The fourth-order valence-corrected chi connectivity index (χ4v) is 1.93. The van der Waals surface area contributed by atoms with E-state index in [-0.39, 0.29) is 11.9 Å². The van der Waals surface area contributed by atoms with Crippen LogP contribution in [0.15, 0.2) is 35.2 Å². The van der Waals surface area contributed by atoms with E-state index in [4.69, 9.17) is 4.42 Å². The number of hydrogen-bond acceptors (Lipinski definition) is 5. The zero-order chi connectivity index (χ0) is 15.1. The van der Waals surface area contributed by atoms with Gasteiger partial charge < -0.3 is 15.1 Å². The first-order valence-electron chi connectivity index (χ1n) is 7.08. The highest BCUT2D eigenvalue weighted by atomic mass is 16.3. The average molecular weight is 288 g/mol. The Morgan fingerprint density at radius 1 is 1.43 bits per heavy atom. The number of nitrogens with zero attached hydrogens (tertiary/aromatic N) is 2. The third-order valence-corrected chi connectivity index (χ3v) is 3.01. The molecule has 0 aromatic carbocycles. The molecular weight excluding hydrogens is 268 g/mol. The molecule has 0 aliphatic carbocycles. The second-order valence-corrected chi connectivity index (χ2v) is 4.81. The van der Waals surface area contributed by atoms with Gasteiger partial charge >= 0.3 is 0 Å². The Balaban J connectivity index is 1.86. The summed E-state index contributed by atoms with van der Waals surface area (Å²) in [5, 5.41) is 5.95. The minimum absolute atomic E-state index is 0.0344. The molecule has 6 nitrogen and oxygen atoms in total. The van der Waals surface area contributed by atoms with Gasteiger partial charge in [-0.25, -0.2) is 4.98 Å². The van der Waals surface area contributed by atoms with Crippen molar-refractivity contribution in [3.05, 3.63) is 42.2 Å². The number of amides is 1. The highest BCUT2D eigenvalue weighted by molar-refractivity contribution is 5.92. The monoisotopic (exact) mass is 288 g/mol. The average Bonchev–Trinajstić information content (AvgIpc) is 2.99. The molecule has 0 aliphatic heterocycles. The molecule has 2 aromatic rings. The lowest BCUT2D eigenvalue weighted by molar-refractivity contribution is 0.0932. The molecule has 6 heteroatoms. The maximum absolute atomic E-state index is 12.1. The number of aromatic nitrogens is 2. The van der Waals surface area contributed by atoms with Gasteiger partial charge in [0.15, 0.2) is 0 Å². The van der Waals surface area contributed by atoms with E-state index in [1.165, 1.54) is 6.20 Å². The summed E-state index contributed by atoms with van der Waals surface area (Å²) in [6.45, 7) is 4.66. The van der Waals surface area contributed by atoms with Gasteiger partial charge in [0, 0.05) is 19.0 Å². The molecule has 1 unspecified atom stereocenters. The van der Waals surface area contributed by atoms with Gasteiger partial charge in [0.2, 0.25) is 0 Å². The molecule has 2 aromatic heterocycles. The van der Waals surface area contributed by atoms with Gasteiger partial charge in [-0.2, -0.15) is 0 Å². The molecule has 21 heavy (non-hydrogen) atoms. The van der Waals surface area contributed by atoms with Crippen molar-refractivity contribution in [1.82, 2.24) is 15.3 Å². The summed E-state index contributed by atoms with van der Waals surface area (Å²) in [5.74, 6) is 1.31. The molecule has 0 saturated heterocycles. The van der Waals surface area contributed by atoms with Gasteiger partial charge in [-0.05, 0) is 32.4 Å². The number of aryl methyl sites for hydroxylation is 1. The summed E-state index contributed by atoms with van der Waals surface area (Å²) >= 11 is 0. The third-order valence-electron chi connectivity index (χ3n) is 3.01. The number of nitrogens with one attached hydrogen (secondary N) is 2. The smallest absolute Gasteiger partial charge is 0.271 e. The molecule has 0 radical (unpaired) electrons. The summed E-state index contributed by atoms with van der Waals surface area (Å²) in [6, 6.07) is 3.83. The van der Waals surface area contributed by atoms with Crippen LogP contribution in [0.4, 0.5) is 5.82 Å². The lowest BCUT2D eigenvalue weighted by Gasteiger charge is -2.13. The number of furan rings is 1. The second-order valence-electron chi connectivity index (χ2n) is 4.81. The van der Waals surface area contributed by atoms with Crippen molar-refractivity contribution in [2.24, 2.45) is 0 Å². The molecule has 0 aliphatic rings. The first-order valence-corrected chi connectivity index (χ1v) is 7.08. The van der Waals surface area contributed by atoms with Crippen LogP contribution in [-0.4, -0.2) is 28.5 Å².